The van der Waals surface area contributed by atoms with Crippen LogP contribution in [0.5, 0.6) is 0 Å². The number of aromatic nitrogens is 2. The zero-order valence-corrected chi connectivity index (χ0v) is 19.0. The molecule has 9 nitrogen and oxygen atoms in total. The summed E-state index contributed by atoms with van der Waals surface area (Å²) >= 11 is 0. The molecule has 1 saturated heterocycles. The summed E-state index contributed by atoms with van der Waals surface area (Å²) in [6.07, 6.45) is 0.316. The first kappa shape index (κ1) is 24.6. The molecule has 4 rings (SSSR count). The lowest BCUT2D eigenvalue weighted by molar-refractivity contribution is -0.138. The van der Waals surface area contributed by atoms with Crippen molar-refractivity contribution in [2.24, 2.45) is 16.8 Å². The van der Waals surface area contributed by atoms with Crippen LogP contribution in [0, 0.1) is 5.82 Å². The van der Waals surface area contributed by atoms with Gasteiger partial charge in [0.15, 0.2) is 11.6 Å². The summed E-state index contributed by atoms with van der Waals surface area (Å²) in [6, 6.07) is 3.75. The molecule has 4 N–H and O–H groups in total. The molecule has 2 aromatic rings. The number of rotatable bonds is 5. The number of pyridine rings is 2. The summed E-state index contributed by atoms with van der Waals surface area (Å²) in [5.41, 5.74) is -0.712. The van der Waals surface area contributed by atoms with Gasteiger partial charge in [-0.25, -0.2) is 25.2 Å². The van der Waals surface area contributed by atoms with E-state index in [0.717, 1.165) is 12.8 Å². The molecule has 2 fully saturated rings. The van der Waals surface area contributed by atoms with Gasteiger partial charge < -0.3 is 15.6 Å². The van der Waals surface area contributed by atoms with Gasteiger partial charge in [-0.1, -0.05) is 0 Å². The topological polar surface area (TPSA) is 117 Å². The second kappa shape index (κ2) is 9.64. The van der Waals surface area contributed by atoms with Gasteiger partial charge in [-0.15, -0.1) is 0 Å². The zero-order chi connectivity index (χ0) is 25.3. The molecule has 0 atom stereocenters. The number of amidine groups is 1. The summed E-state index contributed by atoms with van der Waals surface area (Å²) in [5.74, 6) is 10.6. The highest BCUT2D eigenvalue weighted by atomic mass is 19.4. The van der Waals surface area contributed by atoms with E-state index in [2.05, 4.69) is 15.1 Å². The van der Waals surface area contributed by atoms with Gasteiger partial charge in [0.2, 0.25) is 0 Å². The molecule has 0 spiro atoms. The largest absolute Gasteiger partial charge is 0.417 e. The normalized spacial score (nSPS) is 17.4. The fourth-order valence-electron chi connectivity index (χ4n) is 4.19. The number of carbonyl (C=O) groups excluding carboxylic acids is 1. The van der Waals surface area contributed by atoms with Crippen LogP contribution in [0.15, 0.2) is 35.7 Å². The molecule has 0 radical (unpaired) electrons. The molecular formula is C22H26F4N8O. The van der Waals surface area contributed by atoms with Gasteiger partial charge in [0.05, 0.1) is 11.1 Å². The third-order valence-corrected chi connectivity index (χ3v) is 6.26. The minimum Gasteiger partial charge on any atom is -0.354 e. The molecule has 13 heteroatoms. The first-order valence-electron chi connectivity index (χ1n) is 11.2. The Labute approximate surface area is 199 Å². The molecule has 0 unspecified atom stereocenters. The van der Waals surface area contributed by atoms with Crippen molar-refractivity contribution in [1.82, 2.24) is 14.9 Å². The highest BCUT2D eigenvalue weighted by Crippen LogP contribution is 2.35. The van der Waals surface area contributed by atoms with Crippen LogP contribution < -0.4 is 21.6 Å². The fraction of sp³-hybridized carbons (Fsp3) is 0.455. The number of hydrogen-bond donors (Lipinski definition) is 2. The Morgan fingerprint density at radius 3 is 2.29 bits per heavy atom. The zero-order valence-electron chi connectivity index (χ0n) is 19.0. The number of amides is 1. The number of piperidine rings is 1. The van der Waals surface area contributed by atoms with Crippen molar-refractivity contribution in [2.45, 2.75) is 50.9 Å². The van der Waals surface area contributed by atoms with Gasteiger partial charge in [-0.3, -0.25) is 4.79 Å². The minimum absolute atomic E-state index is 0.0824. The van der Waals surface area contributed by atoms with Crippen LogP contribution in [-0.4, -0.2) is 51.8 Å². The molecule has 188 valence electrons. The van der Waals surface area contributed by atoms with Crippen LogP contribution in [0.2, 0.25) is 0 Å². The predicted octanol–water partition coefficient (Wildman–Crippen LogP) is 2.88. The molecule has 2 aliphatic rings. The van der Waals surface area contributed by atoms with Gasteiger partial charge in [0, 0.05) is 37.6 Å². The number of nitrogens with two attached hydrogens (primary N) is 2. The molecule has 1 amide bonds. The number of halogens is 4. The van der Waals surface area contributed by atoms with Crippen LogP contribution in [0.4, 0.5) is 29.2 Å². The third-order valence-electron chi connectivity index (χ3n) is 6.26. The van der Waals surface area contributed by atoms with E-state index in [1.807, 2.05) is 4.90 Å². The Hall–Kier alpha value is -3.48. The quantitative estimate of drug-likeness (QED) is 0.216. The first-order valence-corrected chi connectivity index (χ1v) is 11.2. The van der Waals surface area contributed by atoms with Gasteiger partial charge in [-0.2, -0.15) is 18.3 Å². The molecule has 1 saturated carbocycles. The van der Waals surface area contributed by atoms with E-state index < -0.39 is 17.6 Å². The lowest BCUT2D eigenvalue weighted by Gasteiger charge is -2.39. The van der Waals surface area contributed by atoms with E-state index in [9.17, 15) is 22.4 Å². The summed E-state index contributed by atoms with van der Waals surface area (Å²) in [5, 5.41) is 4.72. The molecular weight excluding hydrogens is 468 g/mol. The van der Waals surface area contributed by atoms with Crippen LogP contribution in [0.1, 0.15) is 48.5 Å². The molecule has 0 aromatic carbocycles. The maximum atomic E-state index is 14.4. The number of hydrazone groups is 1. The fourth-order valence-corrected chi connectivity index (χ4v) is 4.19. The number of carbonyl (C=O) groups is 1. The maximum Gasteiger partial charge on any atom is 0.417 e. The van der Waals surface area contributed by atoms with E-state index in [0.29, 0.717) is 55.4 Å². The standard InChI is InChI=1S/C22H26F4N8O/c1-13(31-27)34(28)19-5-2-14(11-29-19)21(35)33(16-3-4-16)17-6-8-32(9-7-17)20-18(23)10-15(12-30-20)22(24,25)26/h2,5,10-12,16-17H,3-4,6-9,27-28H2,1H3/b31-13-. The van der Waals surface area contributed by atoms with Crippen LogP contribution in [0.3, 0.4) is 0 Å². The number of anilines is 2. The summed E-state index contributed by atoms with van der Waals surface area (Å²) < 4.78 is 52.8. The lowest BCUT2D eigenvalue weighted by Crippen LogP contribution is -2.49. The predicted molar refractivity (Wildman–Crippen MR) is 122 cm³/mol. The number of hydrogen-bond acceptors (Lipinski definition) is 7. The Kier molecular flexibility index (Phi) is 6.79. The minimum atomic E-state index is -4.66. The first-order chi connectivity index (χ1) is 16.6. The maximum absolute atomic E-state index is 14.4. The molecule has 1 aliphatic heterocycles. The highest BCUT2D eigenvalue weighted by molar-refractivity contribution is 5.96. The molecule has 35 heavy (non-hydrogen) atoms. The van der Waals surface area contributed by atoms with Crippen molar-refractivity contribution in [3.8, 4) is 0 Å². The molecule has 0 bridgehead atoms. The lowest BCUT2D eigenvalue weighted by atomic mass is 10.0. The van der Waals surface area contributed by atoms with Gasteiger partial charge in [0.25, 0.3) is 5.91 Å². The number of alkyl halides is 3. The SMILES string of the molecule is C/C(=N/N)N(N)c1ccc(C(=O)N(C2CC2)C2CCN(c3ncc(C(F)(F)F)cc3F)CC2)cn1. The Morgan fingerprint density at radius 2 is 1.77 bits per heavy atom. The third kappa shape index (κ3) is 5.29. The van der Waals surface area contributed by atoms with E-state index in [1.54, 1.807) is 24.0 Å². The van der Waals surface area contributed by atoms with E-state index in [4.69, 9.17) is 11.7 Å². The van der Waals surface area contributed by atoms with Crippen LogP contribution in [-0.2, 0) is 6.18 Å². The van der Waals surface area contributed by atoms with Gasteiger partial charge in [-0.05, 0) is 50.8 Å². The second-order valence-corrected chi connectivity index (χ2v) is 8.64. The summed E-state index contributed by atoms with van der Waals surface area (Å²) in [6.45, 7) is 2.36. The van der Waals surface area contributed by atoms with Crippen molar-refractivity contribution in [3.63, 3.8) is 0 Å². The van der Waals surface area contributed by atoms with Gasteiger partial charge >= 0.3 is 6.18 Å². The van der Waals surface area contributed by atoms with E-state index >= 15 is 0 Å². The van der Waals surface area contributed by atoms with Crippen molar-refractivity contribution in [1.29, 1.82) is 0 Å². The van der Waals surface area contributed by atoms with Crippen LogP contribution >= 0.6 is 0 Å². The number of hydrazine groups is 1. The van der Waals surface area contributed by atoms with Crippen molar-refractivity contribution >= 4 is 23.4 Å². The Balaban J connectivity index is 1.44. The average molecular weight is 494 g/mol. The van der Waals surface area contributed by atoms with Crippen molar-refractivity contribution in [3.05, 3.63) is 47.5 Å². The highest BCUT2D eigenvalue weighted by Gasteiger charge is 2.40. The Morgan fingerprint density at radius 1 is 1.11 bits per heavy atom. The molecule has 1 aliphatic carbocycles. The summed E-state index contributed by atoms with van der Waals surface area (Å²) in [7, 11) is 0. The molecule has 3 heterocycles. The van der Waals surface area contributed by atoms with E-state index in [1.165, 1.54) is 11.2 Å². The van der Waals surface area contributed by atoms with E-state index in [-0.39, 0.29) is 23.8 Å². The van der Waals surface area contributed by atoms with Crippen molar-refractivity contribution in [2.75, 3.05) is 23.0 Å². The average Bonchev–Trinajstić information content (AvgIpc) is 3.68. The summed E-state index contributed by atoms with van der Waals surface area (Å²) in [4.78, 5) is 24.8. The monoisotopic (exact) mass is 494 g/mol. The second-order valence-electron chi connectivity index (χ2n) is 8.64. The molecule has 2 aromatic heterocycles. The Bertz CT molecular complexity index is 1100. The van der Waals surface area contributed by atoms with Crippen LogP contribution in [0.25, 0.3) is 0 Å². The smallest absolute Gasteiger partial charge is 0.354 e. The van der Waals surface area contributed by atoms with Crippen molar-refractivity contribution < 1.29 is 22.4 Å². The van der Waals surface area contributed by atoms with Gasteiger partial charge in [0.1, 0.15) is 11.7 Å². The number of nitrogens with zero attached hydrogens (tertiary/aromatic N) is 6.